The van der Waals surface area contributed by atoms with Crippen LogP contribution in [0.15, 0.2) is 24.3 Å². The third-order valence-corrected chi connectivity index (χ3v) is 4.12. The summed E-state index contributed by atoms with van der Waals surface area (Å²) in [5, 5.41) is 0. The average Bonchev–Trinajstić information content (AvgIpc) is 2.39. The predicted molar refractivity (Wildman–Crippen MR) is 72.9 cm³/mol. The highest BCUT2D eigenvalue weighted by atomic mass is 19.3. The molecule has 1 aromatic rings. The minimum Gasteiger partial charge on any atom is -0.271 e. The van der Waals surface area contributed by atoms with Crippen molar-refractivity contribution < 1.29 is 8.78 Å². The fraction of sp³-hybridized carbons (Fsp3) is 0.600. The van der Waals surface area contributed by atoms with Gasteiger partial charge in [-0.05, 0) is 37.7 Å². The SMILES string of the molecule is Cc1ccc(CC(NN)C2CCC(F)(F)CC2)cc1. The summed E-state index contributed by atoms with van der Waals surface area (Å²) in [6, 6.07) is 8.38. The first-order valence-electron chi connectivity index (χ1n) is 6.90. The highest BCUT2D eigenvalue weighted by Crippen LogP contribution is 2.37. The van der Waals surface area contributed by atoms with E-state index >= 15 is 0 Å². The van der Waals surface area contributed by atoms with Crippen molar-refractivity contribution in [2.45, 2.75) is 51.0 Å². The molecule has 1 aromatic carbocycles. The highest BCUT2D eigenvalue weighted by molar-refractivity contribution is 5.22. The molecular weight excluding hydrogens is 246 g/mol. The molecule has 1 saturated carbocycles. The van der Waals surface area contributed by atoms with Gasteiger partial charge in [0, 0.05) is 18.9 Å². The summed E-state index contributed by atoms with van der Waals surface area (Å²) in [4.78, 5) is 0. The maximum Gasteiger partial charge on any atom is 0.248 e. The Kier molecular flexibility index (Phi) is 4.53. The molecule has 0 aliphatic heterocycles. The molecule has 2 rings (SSSR count). The molecule has 1 fully saturated rings. The van der Waals surface area contributed by atoms with Crippen LogP contribution >= 0.6 is 0 Å². The summed E-state index contributed by atoms with van der Waals surface area (Å²) in [5.74, 6) is 3.38. The average molecular weight is 268 g/mol. The van der Waals surface area contributed by atoms with Gasteiger partial charge in [0.05, 0.1) is 0 Å². The summed E-state index contributed by atoms with van der Waals surface area (Å²) in [6.45, 7) is 2.05. The van der Waals surface area contributed by atoms with Crippen LogP contribution in [0.25, 0.3) is 0 Å². The molecule has 0 amide bonds. The van der Waals surface area contributed by atoms with Crippen molar-refractivity contribution in [3.8, 4) is 0 Å². The van der Waals surface area contributed by atoms with Crippen molar-refractivity contribution in [3.63, 3.8) is 0 Å². The number of rotatable bonds is 4. The van der Waals surface area contributed by atoms with Crippen molar-refractivity contribution in [2.75, 3.05) is 0 Å². The number of alkyl halides is 2. The zero-order valence-electron chi connectivity index (χ0n) is 11.3. The molecule has 1 unspecified atom stereocenters. The Labute approximate surface area is 113 Å². The maximum atomic E-state index is 13.2. The number of hydrogen-bond acceptors (Lipinski definition) is 2. The van der Waals surface area contributed by atoms with Crippen molar-refractivity contribution >= 4 is 0 Å². The lowest BCUT2D eigenvalue weighted by atomic mass is 9.80. The zero-order valence-corrected chi connectivity index (χ0v) is 11.3. The maximum absolute atomic E-state index is 13.2. The van der Waals surface area contributed by atoms with Crippen LogP contribution in [-0.2, 0) is 6.42 Å². The van der Waals surface area contributed by atoms with E-state index in [9.17, 15) is 8.78 Å². The number of nitrogens with two attached hydrogens (primary N) is 1. The van der Waals surface area contributed by atoms with Gasteiger partial charge in [-0.15, -0.1) is 0 Å². The van der Waals surface area contributed by atoms with Crippen LogP contribution in [0.1, 0.15) is 36.8 Å². The first kappa shape index (κ1) is 14.4. The lowest BCUT2D eigenvalue weighted by Crippen LogP contribution is -2.44. The quantitative estimate of drug-likeness (QED) is 0.650. The predicted octanol–water partition coefficient (Wildman–Crippen LogP) is 3.19. The van der Waals surface area contributed by atoms with Crippen LogP contribution in [0.5, 0.6) is 0 Å². The van der Waals surface area contributed by atoms with E-state index in [-0.39, 0.29) is 24.8 Å². The van der Waals surface area contributed by atoms with E-state index in [0.29, 0.717) is 12.8 Å². The summed E-state index contributed by atoms with van der Waals surface area (Å²) in [7, 11) is 0. The highest BCUT2D eigenvalue weighted by Gasteiger charge is 2.37. The van der Waals surface area contributed by atoms with E-state index in [0.717, 1.165) is 6.42 Å². The first-order chi connectivity index (χ1) is 9.00. The number of halogens is 2. The van der Waals surface area contributed by atoms with Crippen molar-refractivity contribution in [1.29, 1.82) is 0 Å². The third-order valence-electron chi connectivity index (χ3n) is 4.12. The molecule has 3 N–H and O–H groups in total. The Morgan fingerprint density at radius 2 is 1.84 bits per heavy atom. The molecule has 1 aliphatic carbocycles. The molecule has 106 valence electrons. The van der Waals surface area contributed by atoms with Crippen LogP contribution in [-0.4, -0.2) is 12.0 Å². The Hall–Kier alpha value is -1.00. The molecule has 0 radical (unpaired) electrons. The van der Waals surface area contributed by atoms with Gasteiger partial charge in [-0.1, -0.05) is 29.8 Å². The van der Waals surface area contributed by atoms with Crippen LogP contribution in [0.3, 0.4) is 0 Å². The molecule has 1 aliphatic rings. The normalized spacial score (nSPS) is 21.3. The topological polar surface area (TPSA) is 38.0 Å². The Morgan fingerprint density at radius 3 is 2.37 bits per heavy atom. The van der Waals surface area contributed by atoms with E-state index < -0.39 is 5.92 Å². The van der Waals surface area contributed by atoms with E-state index in [1.54, 1.807) is 0 Å². The van der Waals surface area contributed by atoms with Crippen molar-refractivity contribution in [3.05, 3.63) is 35.4 Å². The van der Waals surface area contributed by atoms with E-state index in [1.165, 1.54) is 11.1 Å². The number of hydrogen-bond donors (Lipinski definition) is 2. The fourth-order valence-electron chi connectivity index (χ4n) is 2.80. The van der Waals surface area contributed by atoms with Gasteiger partial charge in [0.2, 0.25) is 5.92 Å². The standard InChI is InChI=1S/C15H22F2N2/c1-11-2-4-12(5-3-11)10-14(19-18)13-6-8-15(16,17)9-7-13/h2-5,13-14,19H,6-10,18H2,1H3. The smallest absolute Gasteiger partial charge is 0.248 e. The van der Waals surface area contributed by atoms with Crippen LogP contribution in [0.4, 0.5) is 8.78 Å². The van der Waals surface area contributed by atoms with Crippen LogP contribution < -0.4 is 11.3 Å². The van der Waals surface area contributed by atoms with Gasteiger partial charge in [-0.25, -0.2) is 8.78 Å². The van der Waals surface area contributed by atoms with Gasteiger partial charge >= 0.3 is 0 Å². The molecule has 0 heterocycles. The van der Waals surface area contributed by atoms with E-state index in [2.05, 4.69) is 29.7 Å². The number of nitrogens with one attached hydrogen (secondary N) is 1. The lowest BCUT2D eigenvalue weighted by Gasteiger charge is -2.33. The van der Waals surface area contributed by atoms with E-state index in [4.69, 9.17) is 5.84 Å². The summed E-state index contributed by atoms with van der Waals surface area (Å²) >= 11 is 0. The van der Waals surface area contributed by atoms with Crippen LogP contribution in [0, 0.1) is 12.8 Å². The second-order valence-corrected chi connectivity index (χ2v) is 5.66. The second-order valence-electron chi connectivity index (χ2n) is 5.66. The molecule has 0 saturated heterocycles. The number of benzene rings is 1. The van der Waals surface area contributed by atoms with Gasteiger partial charge in [0.25, 0.3) is 0 Å². The molecular formula is C15H22F2N2. The van der Waals surface area contributed by atoms with Gasteiger partial charge in [-0.2, -0.15) is 0 Å². The summed E-state index contributed by atoms with van der Waals surface area (Å²) in [5.41, 5.74) is 5.24. The number of hydrazine groups is 1. The van der Waals surface area contributed by atoms with Gasteiger partial charge in [-0.3, -0.25) is 11.3 Å². The van der Waals surface area contributed by atoms with Gasteiger partial charge < -0.3 is 0 Å². The lowest BCUT2D eigenvalue weighted by molar-refractivity contribution is -0.0495. The molecule has 2 nitrogen and oxygen atoms in total. The minimum atomic E-state index is -2.47. The van der Waals surface area contributed by atoms with Gasteiger partial charge in [0.1, 0.15) is 0 Å². The molecule has 0 spiro atoms. The first-order valence-corrected chi connectivity index (χ1v) is 6.90. The fourth-order valence-corrected chi connectivity index (χ4v) is 2.80. The Bertz CT molecular complexity index is 393. The molecule has 0 bridgehead atoms. The molecule has 0 aromatic heterocycles. The molecule has 19 heavy (non-hydrogen) atoms. The molecule has 1 atom stereocenters. The monoisotopic (exact) mass is 268 g/mol. The van der Waals surface area contributed by atoms with Crippen molar-refractivity contribution in [1.82, 2.24) is 5.43 Å². The Morgan fingerprint density at radius 1 is 1.26 bits per heavy atom. The second kappa shape index (κ2) is 5.97. The zero-order chi connectivity index (χ0) is 13.9. The third kappa shape index (κ3) is 3.98. The van der Waals surface area contributed by atoms with Crippen LogP contribution in [0.2, 0.25) is 0 Å². The Balaban J connectivity index is 1.95. The number of aryl methyl sites for hydroxylation is 1. The summed E-state index contributed by atoms with van der Waals surface area (Å²) in [6.07, 6.45) is 1.88. The summed E-state index contributed by atoms with van der Waals surface area (Å²) < 4.78 is 26.3. The van der Waals surface area contributed by atoms with E-state index in [1.807, 2.05) is 6.92 Å². The minimum absolute atomic E-state index is 0.0102. The van der Waals surface area contributed by atoms with Crippen molar-refractivity contribution in [2.24, 2.45) is 11.8 Å². The van der Waals surface area contributed by atoms with Gasteiger partial charge in [0.15, 0.2) is 0 Å². The largest absolute Gasteiger partial charge is 0.271 e. The molecule has 4 heteroatoms.